The molecule has 0 heterocycles. The molecule has 0 radical (unpaired) electrons. The molecule has 0 aliphatic rings. The predicted molar refractivity (Wildman–Crippen MR) is 70.9 cm³/mol. The quantitative estimate of drug-likeness (QED) is 0.723. The molecule has 0 amide bonds. The van der Waals surface area contributed by atoms with Crippen LogP contribution < -0.4 is 0 Å². The van der Waals surface area contributed by atoms with Gasteiger partial charge in [0.2, 0.25) is 0 Å². The summed E-state index contributed by atoms with van der Waals surface area (Å²) in [5, 5.41) is 8.77. The summed E-state index contributed by atoms with van der Waals surface area (Å²) in [7, 11) is 0. The Hall–Kier alpha value is -2.35. The lowest BCUT2D eigenvalue weighted by atomic mass is 9.94. The number of nitriles is 1. The van der Waals surface area contributed by atoms with E-state index in [0.29, 0.717) is 11.1 Å². The zero-order chi connectivity index (χ0) is 15.6. The molecule has 1 nitrogen and oxygen atoms in total. The third kappa shape index (κ3) is 3.22. The number of alkyl halides is 3. The Morgan fingerprint density at radius 2 is 1.76 bits per heavy atom. The van der Waals surface area contributed by atoms with E-state index in [4.69, 9.17) is 5.26 Å². The van der Waals surface area contributed by atoms with E-state index in [-0.39, 0.29) is 17.5 Å². The number of aryl methyl sites for hydroxylation is 1. The van der Waals surface area contributed by atoms with Gasteiger partial charge in [-0.15, -0.1) is 0 Å². The number of rotatable bonds is 2. The average Bonchev–Trinajstić information content (AvgIpc) is 2.39. The highest BCUT2D eigenvalue weighted by Crippen LogP contribution is 2.35. The number of hydrogen-bond donors (Lipinski definition) is 0. The van der Waals surface area contributed by atoms with Crippen molar-refractivity contribution in [3.8, 4) is 17.2 Å². The Morgan fingerprint density at radius 3 is 2.33 bits per heavy atom. The average molecular weight is 293 g/mol. The van der Waals surface area contributed by atoms with Crippen molar-refractivity contribution >= 4 is 0 Å². The minimum atomic E-state index is -4.51. The lowest BCUT2D eigenvalue weighted by Crippen LogP contribution is -2.06. The van der Waals surface area contributed by atoms with Crippen molar-refractivity contribution in [3.63, 3.8) is 0 Å². The van der Waals surface area contributed by atoms with E-state index >= 15 is 0 Å². The summed E-state index contributed by atoms with van der Waals surface area (Å²) in [5.41, 5.74) is 0.346. The van der Waals surface area contributed by atoms with Gasteiger partial charge in [0.1, 0.15) is 5.82 Å². The molecule has 21 heavy (non-hydrogen) atoms. The highest BCUT2D eigenvalue weighted by molar-refractivity contribution is 5.69. The maximum atomic E-state index is 14.0. The lowest BCUT2D eigenvalue weighted by molar-refractivity contribution is -0.137. The molecule has 0 saturated heterocycles. The highest BCUT2D eigenvalue weighted by Gasteiger charge is 2.31. The predicted octanol–water partition coefficient (Wildman–Crippen LogP) is 4.89. The number of benzene rings is 2. The standard InChI is InChI=1S/C16H11F4N/c1-10-2-5-13(15(17)8-10)14-9-12(16(18,19)20)4-3-11(14)6-7-21/h2-5,8-9H,6H2,1H3. The normalized spacial score (nSPS) is 11.2. The molecule has 0 N–H and O–H groups in total. The number of halogens is 4. The smallest absolute Gasteiger partial charge is 0.206 e. The zero-order valence-corrected chi connectivity index (χ0v) is 11.1. The summed E-state index contributed by atoms with van der Waals surface area (Å²) in [6, 6.07) is 9.20. The molecular formula is C16H11F4N. The molecule has 0 unspecified atom stereocenters. The van der Waals surface area contributed by atoms with Gasteiger partial charge in [-0.3, -0.25) is 0 Å². The van der Waals surface area contributed by atoms with Crippen LogP contribution in [0.1, 0.15) is 16.7 Å². The Morgan fingerprint density at radius 1 is 1.05 bits per heavy atom. The van der Waals surface area contributed by atoms with Crippen LogP contribution >= 0.6 is 0 Å². The van der Waals surface area contributed by atoms with Crippen molar-refractivity contribution in [2.75, 3.05) is 0 Å². The van der Waals surface area contributed by atoms with E-state index in [2.05, 4.69) is 0 Å². The van der Waals surface area contributed by atoms with Crippen molar-refractivity contribution in [1.29, 1.82) is 5.26 Å². The molecule has 0 atom stereocenters. The van der Waals surface area contributed by atoms with Gasteiger partial charge in [0.05, 0.1) is 18.1 Å². The molecule has 0 bridgehead atoms. The topological polar surface area (TPSA) is 23.8 Å². The third-order valence-corrected chi connectivity index (χ3v) is 3.12. The van der Waals surface area contributed by atoms with E-state index in [1.165, 1.54) is 18.2 Å². The van der Waals surface area contributed by atoms with Crippen molar-refractivity contribution in [1.82, 2.24) is 0 Å². The van der Waals surface area contributed by atoms with E-state index in [9.17, 15) is 17.6 Å². The van der Waals surface area contributed by atoms with Crippen LogP contribution in [0.2, 0.25) is 0 Å². The van der Waals surface area contributed by atoms with Gasteiger partial charge in [-0.2, -0.15) is 18.4 Å². The van der Waals surface area contributed by atoms with E-state index in [0.717, 1.165) is 12.1 Å². The van der Waals surface area contributed by atoms with Gasteiger partial charge in [0.15, 0.2) is 0 Å². The van der Waals surface area contributed by atoms with Gasteiger partial charge in [0, 0.05) is 5.56 Å². The lowest BCUT2D eigenvalue weighted by Gasteiger charge is -2.13. The van der Waals surface area contributed by atoms with Gasteiger partial charge in [-0.05, 0) is 41.8 Å². The number of nitrogens with zero attached hydrogens (tertiary/aromatic N) is 1. The SMILES string of the molecule is Cc1ccc(-c2cc(C(F)(F)F)ccc2CC#N)c(F)c1. The number of hydrogen-bond acceptors (Lipinski definition) is 1. The molecule has 0 aliphatic heterocycles. The van der Waals surface area contributed by atoms with Crippen molar-refractivity contribution in [2.45, 2.75) is 19.5 Å². The van der Waals surface area contributed by atoms with Gasteiger partial charge < -0.3 is 0 Å². The van der Waals surface area contributed by atoms with Crippen LogP contribution in [0.25, 0.3) is 11.1 Å². The summed E-state index contributed by atoms with van der Waals surface area (Å²) in [5.74, 6) is -0.603. The maximum absolute atomic E-state index is 14.0. The van der Waals surface area contributed by atoms with Gasteiger partial charge >= 0.3 is 6.18 Å². The fourth-order valence-electron chi connectivity index (χ4n) is 2.08. The van der Waals surface area contributed by atoms with Gasteiger partial charge in [-0.25, -0.2) is 4.39 Å². The van der Waals surface area contributed by atoms with E-state index < -0.39 is 17.6 Å². The van der Waals surface area contributed by atoms with E-state index in [1.54, 1.807) is 13.0 Å². The van der Waals surface area contributed by atoms with Crippen LogP contribution in [0.4, 0.5) is 17.6 Å². The minimum Gasteiger partial charge on any atom is -0.206 e. The van der Waals surface area contributed by atoms with Crippen molar-refractivity contribution in [3.05, 3.63) is 58.9 Å². The Labute approximate surface area is 119 Å². The first-order valence-corrected chi connectivity index (χ1v) is 6.16. The fourth-order valence-corrected chi connectivity index (χ4v) is 2.08. The second-order valence-corrected chi connectivity index (χ2v) is 4.69. The van der Waals surface area contributed by atoms with Crippen LogP contribution in [-0.4, -0.2) is 0 Å². The second-order valence-electron chi connectivity index (χ2n) is 4.69. The molecule has 0 saturated carbocycles. The second kappa shape index (κ2) is 5.57. The summed E-state index contributed by atoms with van der Waals surface area (Å²) < 4.78 is 52.4. The molecule has 2 aromatic carbocycles. The molecule has 0 spiro atoms. The molecule has 2 rings (SSSR count). The van der Waals surface area contributed by atoms with Crippen molar-refractivity contribution < 1.29 is 17.6 Å². The first kappa shape index (κ1) is 15.0. The maximum Gasteiger partial charge on any atom is 0.416 e. The van der Waals surface area contributed by atoms with Crippen LogP contribution in [0.15, 0.2) is 36.4 Å². The Kier molecular flexibility index (Phi) is 3.99. The van der Waals surface area contributed by atoms with Gasteiger partial charge in [0.25, 0.3) is 0 Å². The summed E-state index contributed by atoms with van der Waals surface area (Å²) in [6.45, 7) is 1.69. The summed E-state index contributed by atoms with van der Waals surface area (Å²) in [4.78, 5) is 0. The summed E-state index contributed by atoms with van der Waals surface area (Å²) in [6.07, 6.45) is -4.60. The largest absolute Gasteiger partial charge is 0.416 e. The fraction of sp³-hybridized carbons (Fsp3) is 0.188. The zero-order valence-electron chi connectivity index (χ0n) is 11.1. The molecule has 0 aromatic heterocycles. The molecule has 0 fully saturated rings. The molecule has 5 heteroatoms. The minimum absolute atomic E-state index is 0.0666. The molecule has 2 aromatic rings. The Balaban J connectivity index is 2.66. The molecule has 108 valence electrons. The molecule has 0 aliphatic carbocycles. The first-order chi connectivity index (χ1) is 9.82. The van der Waals surface area contributed by atoms with Crippen LogP contribution in [0.3, 0.4) is 0 Å². The van der Waals surface area contributed by atoms with Crippen LogP contribution in [0, 0.1) is 24.1 Å². The van der Waals surface area contributed by atoms with Gasteiger partial charge in [-0.1, -0.05) is 18.2 Å². The highest BCUT2D eigenvalue weighted by atomic mass is 19.4. The van der Waals surface area contributed by atoms with Crippen LogP contribution in [-0.2, 0) is 12.6 Å². The van der Waals surface area contributed by atoms with E-state index in [1.807, 2.05) is 6.07 Å². The summed E-state index contributed by atoms with van der Waals surface area (Å²) >= 11 is 0. The third-order valence-electron chi connectivity index (χ3n) is 3.12. The van der Waals surface area contributed by atoms with Crippen LogP contribution in [0.5, 0.6) is 0 Å². The monoisotopic (exact) mass is 293 g/mol. The first-order valence-electron chi connectivity index (χ1n) is 6.16. The van der Waals surface area contributed by atoms with Crippen molar-refractivity contribution in [2.24, 2.45) is 0 Å². The molecular weight excluding hydrogens is 282 g/mol. The Bertz CT molecular complexity index is 711.